The number of rotatable bonds is 4. The van der Waals surface area contributed by atoms with Gasteiger partial charge in [0.25, 0.3) is 0 Å². The minimum atomic E-state index is -4.64. The summed E-state index contributed by atoms with van der Waals surface area (Å²) in [4.78, 5) is 59.2. The number of hydrogen-bond donors (Lipinski definition) is 10. The van der Waals surface area contributed by atoms with Crippen LogP contribution in [0.2, 0.25) is 0 Å². The van der Waals surface area contributed by atoms with Crippen LogP contribution in [0.1, 0.15) is 0 Å². The molecule has 0 aliphatic rings. The summed E-state index contributed by atoms with van der Waals surface area (Å²) in [6.45, 7) is -1.15. The lowest BCUT2D eigenvalue weighted by atomic mass is 10.4. The van der Waals surface area contributed by atoms with E-state index in [1.807, 2.05) is 0 Å². The number of phosphoric acid groups is 3. The van der Waals surface area contributed by atoms with Crippen molar-refractivity contribution in [3.63, 3.8) is 0 Å². The molecule has 1 unspecified atom stereocenters. The van der Waals surface area contributed by atoms with Gasteiger partial charge in [-0.05, 0) is 0 Å². The zero-order valence-electron chi connectivity index (χ0n) is 9.44. The molecule has 0 aliphatic carbocycles. The molecule has 0 spiro atoms. The Bertz CT molecular complexity index is 323. The highest BCUT2D eigenvalue weighted by Gasteiger charge is 2.15. The average Bonchev–Trinajstić information content (AvgIpc) is 2.07. The zero-order valence-corrected chi connectivity index (χ0v) is 12.1. The van der Waals surface area contributed by atoms with Crippen molar-refractivity contribution < 1.29 is 67.6 Å². The Hall–Kier alpha value is 0.250. The summed E-state index contributed by atoms with van der Waals surface area (Å²) in [5.41, 5.74) is 0. The lowest BCUT2D eigenvalue weighted by Gasteiger charge is -2.07. The average molecular weight is 368 g/mol. The van der Waals surface area contributed by atoms with E-state index in [0.717, 1.165) is 0 Å². The summed E-state index contributed by atoms with van der Waals surface area (Å²) in [5.74, 6) is 0. The summed E-state index contributed by atoms with van der Waals surface area (Å²) < 4.78 is 31.5. The molecule has 0 fully saturated rings. The van der Waals surface area contributed by atoms with E-state index in [1.165, 1.54) is 0 Å². The summed E-state index contributed by atoms with van der Waals surface area (Å²) >= 11 is 0. The molecule has 0 bridgehead atoms. The topological polar surface area (TPSA) is 263 Å². The largest absolute Gasteiger partial charge is 0.469 e. The van der Waals surface area contributed by atoms with Crippen LogP contribution in [0, 0.1) is 0 Å². The van der Waals surface area contributed by atoms with E-state index in [-0.39, 0.29) is 0 Å². The quantitative estimate of drug-likeness (QED) is 0.217. The summed E-state index contributed by atoms with van der Waals surface area (Å²) in [6, 6.07) is 0. The van der Waals surface area contributed by atoms with Crippen molar-refractivity contribution in [1.82, 2.24) is 0 Å². The molecule has 0 aromatic heterocycles. The van der Waals surface area contributed by atoms with Crippen molar-refractivity contribution >= 4 is 23.5 Å². The second-order valence-electron chi connectivity index (χ2n) is 2.65. The van der Waals surface area contributed by atoms with Crippen molar-refractivity contribution in [3.05, 3.63) is 0 Å². The van der Waals surface area contributed by atoms with Gasteiger partial charge in [0, 0.05) is 0 Å². The highest BCUT2D eigenvalue weighted by atomic mass is 31.2. The number of hydrogen-bond acceptors (Lipinski definition) is 6. The highest BCUT2D eigenvalue weighted by Crippen LogP contribution is 2.35. The van der Waals surface area contributed by atoms with Crippen LogP contribution in [0.4, 0.5) is 0 Å². The van der Waals surface area contributed by atoms with E-state index < -0.39 is 42.8 Å². The van der Waals surface area contributed by atoms with Crippen molar-refractivity contribution in [2.75, 3.05) is 13.2 Å². The zero-order chi connectivity index (χ0) is 17.2. The third-order valence-electron chi connectivity index (χ3n) is 0.646. The molecule has 0 saturated heterocycles. The summed E-state index contributed by atoms with van der Waals surface area (Å²) in [7, 11) is -13.8. The molecule has 0 rings (SSSR count). The molecular weight excluding hydrogens is 353 g/mol. The third kappa shape index (κ3) is 79.8. The minimum absolute atomic E-state index is 0.569. The van der Waals surface area contributed by atoms with Crippen LogP contribution in [-0.4, -0.2) is 68.7 Å². The minimum Gasteiger partial charge on any atom is -0.394 e. The number of phosphoric ester groups is 1. The molecule has 0 aliphatic heterocycles. The van der Waals surface area contributed by atoms with Gasteiger partial charge < -0.3 is 49.4 Å². The van der Waals surface area contributed by atoms with E-state index in [4.69, 9.17) is 58.5 Å². The highest BCUT2D eigenvalue weighted by molar-refractivity contribution is 7.46. The van der Waals surface area contributed by atoms with Crippen LogP contribution < -0.4 is 0 Å². The van der Waals surface area contributed by atoms with Crippen molar-refractivity contribution in [3.8, 4) is 0 Å². The van der Waals surface area contributed by atoms with Gasteiger partial charge in [-0.15, -0.1) is 0 Å². The second kappa shape index (κ2) is 10.9. The van der Waals surface area contributed by atoms with E-state index in [2.05, 4.69) is 4.52 Å². The molecule has 0 heterocycles. The molecular formula is C3H15O14P3. The van der Waals surface area contributed by atoms with Crippen LogP contribution in [0.3, 0.4) is 0 Å². The Labute approximate surface area is 111 Å². The molecule has 20 heavy (non-hydrogen) atoms. The first-order chi connectivity index (χ1) is 8.45. The van der Waals surface area contributed by atoms with Crippen LogP contribution in [0.15, 0.2) is 0 Å². The van der Waals surface area contributed by atoms with Gasteiger partial charge in [-0.25, -0.2) is 13.7 Å². The first-order valence-corrected chi connectivity index (χ1v) is 8.67. The van der Waals surface area contributed by atoms with Gasteiger partial charge >= 0.3 is 23.5 Å². The van der Waals surface area contributed by atoms with Crippen molar-refractivity contribution in [2.45, 2.75) is 6.10 Å². The van der Waals surface area contributed by atoms with Crippen molar-refractivity contribution in [1.29, 1.82) is 0 Å². The molecule has 0 aromatic rings. The van der Waals surface area contributed by atoms with Crippen molar-refractivity contribution in [2.24, 2.45) is 0 Å². The fraction of sp³-hybridized carbons (Fsp3) is 1.00. The fourth-order valence-electron chi connectivity index (χ4n) is 0.236. The van der Waals surface area contributed by atoms with Crippen LogP contribution in [-0.2, 0) is 18.2 Å². The number of aliphatic hydroxyl groups excluding tert-OH is 2. The van der Waals surface area contributed by atoms with E-state index in [9.17, 15) is 4.57 Å². The molecule has 0 aromatic carbocycles. The van der Waals surface area contributed by atoms with Gasteiger partial charge in [0.1, 0.15) is 6.10 Å². The Balaban J connectivity index is -0.000000244. The van der Waals surface area contributed by atoms with Crippen LogP contribution >= 0.6 is 23.5 Å². The van der Waals surface area contributed by atoms with Gasteiger partial charge in [0.15, 0.2) is 0 Å². The molecule has 1 atom stereocenters. The monoisotopic (exact) mass is 368 g/mol. The Morgan fingerprint density at radius 3 is 1.20 bits per heavy atom. The van der Waals surface area contributed by atoms with Crippen LogP contribution in [0.25, 0.3) is 0 Å². The van der Waals surface area contributed by atoms with Gasteiger partial charge in [0.2, 0.25) is 0 Å². The molecule has 17 heteroatoms. The maximum atomic E-state index is 9.93. The third-order valence-corrected chi connectivity index (χ3v) is 1.13. The second-order valence-corrected chi connectivity index (χ2v) is 5.94. The maximum absolute atomic E-state index is 9.93. The first kappa shape index (κ1) is 25.2. The molecule has 10 N–H and O–H groups in total. The smallest absolute Gasteiger partial charge is 0.394 e. The molecule has 0 radical (unpaired) electrons. The van der Waals surface area contributed by atoms with Gasteiger partial charge in [-0.3, -0.25) is 4.52 Å². The Morgan fingerprint density at radius 1 is 0.800 bits per heavy atom. The normalized spacial score (nSPS) is 13.5. The molecule has 0 saturated carbocycles. The predicted octanol–water partition coefficient (Wildman–Crippen LogP) is -3.41. The lowest BCUT2D eigenvalue weighted by molar-refractivity contribution is 0.0419. The maximum Gasteiger partial charge on any atom is 0.469 e. The Kier molecular flexibility index (Phi) is 13.7. The summed E-state index contributed by atoms with van der Waals surface area (Å²) in [6.07, 6.45) is -1.24. The number of aliphatic hydroxyl groups is 2. The lowest BCUT2D eigenvalue weighted by Crippen LogP contribution is -2.18. The van der Waals surface area contributed by atoms with Gasteiger partial charge in [-0.1, -0.05) is 0 Å². The van der Waals surface area contributed by atoms with E-state index >= 15 is 0 Å². The molecule has 14 nitrogen and oxygen atoms in total. The predicted molar refractivity (Wildman–Crippen MR) is 59.6 cm³/mol. The van der Waals surface area contributed by atoms with E-state index in [0.29, 0.717) is 0 Å². The standard InChI is InChI=1S/C3H9O6P.2H3O4P/c4-1-3(5)2-9-10(6,7)8;2*1-5(2,3)4/h3-5H,1-2H2,(H2,6,7,8);2*(H3,1,2,3,4). The fourth-order valence-corrected chi connectivity index (χ4v) is 0.602. The van der Waals surface area contributed by atoms with Crippen LogP contribution in [0.5, 0.6) is 0 Å². The van der Waals surface area contributed by atoms with Gasteiger partial charge in [-0.2, -0.15) is 0 Å². The van der Waals surface area contributed by atoms with Gasteiger partial charge in [0.05, 0.1) is 13.2 Å². The Morgan fingerprint density at radius 2 is 1.05 bits per heavy atom. The first-order valence-electron chi connectivity index (χ1n) is 4.01. The van der Waals surface area contributed by atoms with E-state index in [1.54, 1.807) is 0 Å². The summed E-state index contributed by atoms with van der Waals surface area (Å²) in [5, 5.41) is 16.7. The molecule has 0 amide bonds. The SMILES string of the molecule is O=P(O)(O)O.O=P(O)(O)O.O=P(O)(O)OCC(O)CO. The molecule has 126 valence electrons.